The lowest BCUT2D eigenvalue weighted by atomic mass is 10.2. The molecule has 7 nitrogen and oxygen atoms in total. The number of benzene rings is 1. The summed E-state index contributed by atoms with van der Waals surface area (Å²) in [6.45, 7) is -1.48. The predicted molar refractivity (Wildman–Crippen MR) is 96.0 cm³/mol. The van der Waals surface area contributed by atoms with Gasteiger partial charge in [0.2, 0.25) is 5.76 Å². The van der Waals surface area contributed by atoms with E-state index in [9.17, 15) is 26.7 Å². The summed E-state index contributed by atoms with van der Waals surface area (Å²) in [5.74, 6) is -0.691. The van der Waals surface area contributed by atoms with Crippen LogP contribution in [0, 0.1) is 0 Å². The summed E-state index contributed by atoms with van der Waals surface area (Å²) in [4.78, 5) is 17.3. The summed E-state index contributed by atoms with van der Waals surface area (Å²) in [6, 6.07) is 3.50. The first-order chi connectivity index (χ1) is 14.7. The molecular formula is C19H19F5N2O5. The van der Waals surface area contributed by atoms with E-state index in [1.54, 1.807) is 6.92 Å². The largest absolute Gasteiger partial charge is 0.489 e. The molecule has 0 aliphatic carbocycles. The Hall–Kier alpha value is -2.89. The molecule has 3 rings (SSSR count). The number of rotatable bonds is 8. The van der Waals surface area contributed by atoms with Crippen molar-refractivity contribution in [2.45, 2.75) is 38.3 Å². The quantitative estimate of drug-likeness (QED) is 0.442. The number of esters is 1. The first-order valence-corrected chi connectivity index (χ1v) is 9.30. The molecule has 1 saturated heterocycles. The molecule has 1 aliphatic rings. The van der Waals surface area contributed by atoms with E-state index in [0.717, 1.165) is 18.3 Å². The number of oxazole rings is 1. The van der Waals surface area contributed by atoms with Gasteiger partial charge in [0.1, 0.15) is 11.9 Å². The number of aromatic nitrogens is 1. The van der Waals surface area contributed by atoms with Gasteiger partial charge in [-0.3, -0.25) is 0 Å². The van der Waals surface area contributed by atoms with Gasteiger partial charge in [-0.2, -0.15) is 22.0 Å². The number of hydrogen-bond donors (Lipinski definition) is 0. The van der Waals surface area contributed by atoms with E-state index in [4.69, 9.17) is 13.9 Å². The number of carbonyl (C=O) groups excluding carboxylic acids is 1. The summed E-state index contributed by atoms with van der Waals surface area (Å²) < 4.78 is 83.5. The van der Waals surface area contributed by atoms with Gasteiger partial charge in [0.15, 0.2) is 0 Å². The SMILES string of the molecule is CCOC(=O)c1cnc(N2C[C@@H](Oc3ccc(C(F)(F)F)cc3)C[C@H]2COC(F)F)o1. The maximum absolute atomic E-state index is 12.7. The highest BCUT2D eigenvalue weighted by atomic mass is 19.4. The molecule has 0 bridgehead atoms. The topological polar surface area (TPSA) is 74.0 Å². The molecule has 2 heterocycles. The van der Waals surface area contributed by atoms with Crippen molar-refractivity contribution in [2.75, 3.05) is 24.7 Å². The Labute approximate surface area is 173 Å². The van der Waals surface area contributed by atoms with Crippen LogP contribution in [0.15, 0.2) is 34.9 Å². The Morgan fingerprint density at radius 2 is 2.00 bits per heavy atom. The van der Waals surface area contributed by atoms with Crippen LogP contribution in [0.25, 0.3) is 0 Å². The minimum absolute atomic E-state index is 0.00978. The Morgan fingerprint density at radius 1 is 1.29 bits per heavy atom. The van der Waals surface area contributed by atoms with Crippen LogP contribution in [-0.4, -0.2) is 49.5 Å². The normalized spacial score (nSPS) is 19.1. The zero-order valence-corrected chi connectivity index (χ0v) is 16.3. The molecule has 1 aliphatic heterocycles. The Morgan fingerprint density at radius 3 is 2.61 bits per heavy atom. The second kappa shape index (κ2) is 9.50. The van der Waals surface area contributed by atoms with Gasteiger partial charge in [0.05, 0.1) is 37.6 Å². The van der Waals surface area contributed by atoms with Crippen molar-refractivity contribution in [1.29, 1.82) is 0 Å². The van der Waals surface area contributed by atoms with Crippen LogP contribution >= 0.6 is 0 Å². The molecule has 31 heavy (non-hydrogen) atoms. The molecule has 170 valence electrons. The highest BCUT2D eigenvalue weighted by Gasteiger charge is 2.37. The van der Waals surface area contributed by atoms with E-state index in [1.807, 2.05) is 0 Å². The van der Waals surface area contributed by atoms with Crippen molar-refractivity contribution in [3.05, 3.63) is 41.8 Å². The molecule has 2 atom stereocenters. The van der Waals surface area contributed by atoms with Gasteiger partial charge in [-0.15, -0.1) is 0 Å². The van der Waals surface area contributed by atoms with Crippen molar-refractivity contribution in [1.82, 2.24) is 4.98 Å². The minimum Gasteiger partial charge on any atom is -0.489 e. The molecule has 1 aromatic carbocycles. The van der Waals surface area contributed by atoms with Crippen LogP contribution in [-0.2, 0) is 15.7 Å². The van der Waals surface area contributed by atoms with Crippen molar-refractivity contribution in [3.8, 4) is 5.75 Å². The van der Waals surface area contributed by atoms with Crippen molar-refractivity contribution in [3.63, 3.8) is 0 Å². The molecule has 0 saturated carbocycles. The Bertz CT molecular complexity index is 871. The molecule has 0 N–H and O–H groups in total. The Kier molecular flexibility index (Phi) is 6.98. The van der Waals surface area contributed by atoms with Crippen LogP contribution in [0.1, 0.15) is 29.5 Å². The molecule has 0 amide bonds. The average Bonchev–Trinajstić information content (AvgIpc) is 3.33. The van der Waals surface area contributed by atoms with Gasteiger partial charge in [-0.05, 0) is 31.2 Å². The molecular weight excluding hydrogens is 431 g/mol. The van der Waals surface area contributed by atoms with Gasteiger partial charge >= 0.3 is 18.8 Å². The summed E-state index contributed by atoms with van der Waals surface area (Å²) in [5.41, 5.74) is -0.817. The van der Waals surface area contributed by atoms with Crippen LogP contribution in [0.5, 0.6) is 5.75 Å². The molecule has 1 aromatic heterocycles. The second-order valence-electron chi connectivity index (χ2n) is 6.63. The average molecular weight is 450 g/mol. The van der Waals surface area contributed by atoms with Crippen LogP contribution in [0.4, 0.5) is 28.0 Å². The maximum atomic E-state index is 12.7. The number of nitrogens with zero attached hydrogens (tertiary/aromatic N) is 2. The number of hydrogen-bond acceptors (Lipinski definition) is 7. The third kappa shape index (κ3) is 5.84. The van der Waals surface area contributed by atoms with E-state index < -0.39 is 36.5 Å². The lowest BCUT2D eigenvalue weighted by Gasteiger charge is -2.21. The summed E-state index contributed by atoms with van der Waals surface area (Å²) in [7, 11) is 0. The van der Waals surface area contributed by atoms with Crippen LogP contribution in [0.2, 0.25) is 0 Å². The summed E-state index contributed by atoms with van der Waals surface area (Å²) in [5, 5.41) is 0. The monoisotopic (exact) mass is 450 g/mol. The van der Waals surface area contributed by atoms with Gasteiger partial charge in [-0.1, -0.05) is 0 Å². The number of anilines is 1. The smallest absolute Gasteiger partial charge is 0.416 e. The molecule has 2 aromatic rings. The third-order valence-electron chi connectivity index (χ3n) is 4.49. The maximum Gasteiger partial charge on any atom is 0.416 e. The first kappa shape index (κ1) is 22.8. The fourth-order valence-electron chi connectivity index (χ4n) is 3.14. The number of alkyl halides is 5. The van der Waals surface area contributed by atoms with Crippen molar-refractivity contribution < 1.29 is 45.4 Å². The second-order valence-corrected chi connectivity index (χ2v) is 6.63. The Balaban J connectivity index is 1.72. The van der Waals surface area contributed by atoms with Crippen LogP contribution in [0.3, 0.4) is 0 Å². The van der Waals surface area contributed by atoms with Gasteiger partial charge in [0, 0.05) is 6.42 Å². The van der Waals surface area contributed by atoms with E-state index in [1.165, 1.54) is 17.0 Å². The van der Waals surface area contributed by atoms with E-state index >= 15 is 0 Å². The van der Waals surface area contributed by atoms with Crippen LogP contribution < -0.4 is 9.64 Å². The molecule has 0 radical (unpaired) electrons. The lowest BCUT2D eigenvalue weighted by Crippen LogP contribution is -2.34. The minimum atomic E-state index is -4.47. The van der Waals surface area contributed by atoms with E-state index in [0.29, 0.717) is 0 Å². The summed E-state index contributed by atoms with van der Waals surface area (Å²) >= 11 is 0. The zero-order chi connectivity index (χ0) is 22.6. The van der Waals surface area contributed by atoms with Crippen molar-refractivity contribution in [2.24, 2.45) is 0 Å². The molecule has 12 heteroatoms. The fourth-order valence-corrected chi connectivity index (χ4v) is 3.14. The predicted octanol–water partition coefficient (Wildman–Crippen LogP) is 4.14. The van der Waals surface area contributed by atoms with Gasteiger partial charge in [-0.25, -0.2) is 9.78 Å². The fraction of sp³-hybridized carbons (Fsp3) is 0.474. The first-order valence-electron chi connectivity index (χ1n) is 9.30. The zero-order valence-electron chi connectivity index (χ0n) is 16.3. The molecule has 0 spiro atoms. The molecule has 1 fully saturated rings. The number of ether oxygens (including phenoxy) is 3. The standard InChI is InChI=1S/C19H19F5N2O5/c1-2-28-16(27)15-8-25-18(31-15)26-9-14(7-12(26)10-29-17(20)21)30-13-5-3-11(4-6-13)19(22,23)24/h3-6,8,12,14,17H,2,7,9-10H2,1H3/t12-,14-/m0/s1. The third-order valence-corrected chi connectivity index (χ3v) is 4.49. The van der Waals surface area contributed by atoms with E-state index in [-0.39, 0.29) is 43.7 Å². The number of halogens is 5. The van der Waals surface area contributed by atoms with Gasteiger partial charge < -0.3 is 23.5 Å². The van der Waals surface area contributed by atoms with Crippen molar-refractivity contribution >= 4 is 12.0 Å². The molecule has 0 unspecified atom stereocenters. The van der Waals surface area contributed by atoms with Gasteiger partial charge in [0.25, 0.3) is 6.01 Å². The summed E-state index contributed by atoms with van der Waals surface area (Å²) in [6.07, 6.45) is -3.67. The highest BCUT2D eigenvalue weighted by molar-refractivity contribution is 5.86. The lowest BCUT2D eigenvalue weighted by molar-refractivity contribution is -0.137. The van der Waals surface area contributed by atoms with E-state index in [2.05, 4.69) is 9.72 Å². The highest BCUT2D eigenvalue weighted by Crippen LogP contribution is 2.32. The number of carbonyl (C=O) groups is 1.